The molecule has 1 aromatic carbocycles. The number of benzene rings is 1. The molecule has 0 radical (unpaired) electrons. The predicted molar refractivity (Wildman–Crippen MR) is 103 cm³/mol. The van der Waals surface area contributed by atoms with Crippen molar-refractivity contribution in [2.24, 2.45) is 0 Å². The van der Waals surface area contributed by atoms with Gasteiger partial charge in [0, 0.05) is 50.6 Å². The van der Waals surface area contributed by atoms with Crippen LogP contribution in [0.4, 0.5) is 5.82 Å². The fourth-order valence-electron chi connectivity index (χ4n) is 3.50. The summed E-state index contributed by atoms with van der Waals surface area (Å²) in [6.07, 6.45) is 4.25. The van der Waals surface area contributed by atoms with E-state index in [1.165, 1.54) is 5.56 Å². The number of piperazine rings is 1. The van der Waals surface area contributed by atoms with Crippen molar-refractivity contribution in [2.75, 3.05) is 44.3 Å². The molecule has 3 heterocycles. The van der Waals surface area contributed by atoms with E-state index in [0.717, 1.165) is 49.9 Å². The van der Waals surface area contributed by atoms with Gasteiger partial charge in [0.15, 0.2) is 17.3 Å². The van der Waals surface area contributed by atoms with Crippen LogP contribution in [-0.2, 0) is 6.42 Å². The lowest BCUT2D eigenvalue weighted by atomic mass is 10.0. The Morgan fingerprint density at radius 1 is 1.11 bits per heavy atom. The minimum Gasteiger partial charge on any atom is -0.486 e. The number of hydrogen-bond donors (Lipinski definition) is 1. The van der Waals surface area contributed by atoms with Crippen molar-refractivity contribution >= 4 is 5.82 Å². The molecule has 1 saturated heterocycles. The zero-order valence-electron chi connectivity index (χ0n) is 15.9. The third kappa shape index (κ3) is 4.08. The number of para-hydroxylation sites is 1. The molecular weight excluding hydrogens is 344 g/mol. The summed E-state index contributed by atoms with van der Waals surface area (Å²) in [6, 6.07) is 6.03. The van der Waals surface area contributed by atoms with Gasteiger partial charge in [0.1, 0.15) is 18.8 Å². The molecule has 0 saturated carbocycles. The number of aromatic nitrogens is 2. The van der Waals surface area contributed by atoms with Crippen LogP contribution in [-0.4, -0.2) is 55.0 Å². The molecule has 1 fully saturated rings. The Balaban J connectivity index is 1.35. The molecule has 144 valence electrons. The van der Waals surface area contributed by atoms with Crippen molar-refractivity contribution in [2.45, 2.75) is 25.9 Å². The molecule has 2 aromatic rings. The van der Waals surface area contributed by atoms with Crippen LogP contribution in [0.5, 0.6) is 17.4 Å². The van der Waals surface area contributed by atoms with Gasteiger partial charge in [-0.3, -0.25) is 0 Å². The molecule has 1 N–H and O–H groups in total. The van der Waals surface area contributed by atoms with E-state index in [2.05, 4.69) is 40.1 Å². The Bertz CT molecular complexity index is 791. The van der Waals surface area contributed by atoms with E-state index >= 15 is 0 Å². The highest BCUT2D eigenvalue weighted by atomic mass is 16.6. The van der Waals surface area contributed by atoms with Gasteiger partial charge >= 0.3 is 0 Å². The molecule has 0 aliphatic carbocycles. The van der Waals surface area contributed by atoms with Crippen LogP contribution < -0.4 is 24.4 Å². The fraction of sp³-hybridized carbons (Fsp3) is 0.500. The summed E-state index contributed by atoms with van der Waals surface area (Å²) in [6.45, 7) is 8.66. The Morgan fingerprint density at radius 3 is 2.74 bits per heavy atom. The normalized spacial score (nSPS) is 17.9. The van der Waals surface area contributed by atoms with Gasteiger partial charge in [-0.25, -0.2) is 9.97 Å². The van der Waals surface area contributed by atoms with Crippen molar-refractivity contribution in [1.29, 1.82) is 0 Å². The molecular formula is C20H26N4O3. The van der Waals surface area contributed by atoms with Gasteiger partial charge in [-0.05, 0) is 19.9 Å². The third-order valence-electron chi connectivity index (χ3n) is 4.70. The van der Waals surface area contributed by atoms with Crippen LogP contribution >= 0.6 is 0 Å². The fourth-order valence-corrected chi connectivity index (χ4v) is 3.50. The van der Waals surface area contributed by atoms with E-state index in [4.69, 9.17) is 14.2 Å². The van der Waals surface area contributed by atoms with E-state index < -0.39 is 0 Å². The summed E-state index contributed by atoms with van der Waals surface area (Å²) in [5.41, 5.74) is 1.00. The molecule has 2 aliphatic rings. The number of fused-ring (bicyclic) bond motifs is 1. The highest BCUT2D eigenvalue weighted by Gasteiger charge is 2.32. The summed E-state index contributed by atoms with van der Waals surface area (Å²) in [7, 11) is 0. The lowest BCUT2D eigenvalue weighted by Gasteiger charge is -2.28. The minimum atomic E-state index is -0.184. The number of ether oxygens (including phenoxy) is 3. The Morgan fingerprint density at radius 2 is 1.89 bits per heavy atom. The lowest BCUT2D eigenvalue weighted by molar-refractivity contribution is 0.129. The molecule has 0 atom stereocenters. The highest BCUT2D eigenvalue weighted by Crippen LogP contribution is 2.41. The van der Waals surface area contributed by atoms with Crippen molar-refractivity contribution in [3.05, 3.63) is 36.2 Å². The largest absolute Gasteiger partial charge is 0.486 e. The van der Waals surface area contributed by atoms with E-state index in [1.54, 1.807) is 12.4 Å². The first-order valence-corrected chi connectivity index (χ1v) is 9.46. The lowest BCUT2D eigenvalue weighted by Crippen LogP contribution is -2.44. The van der Waals surface area contributed by atoms with E-state index in [9.17, 15) is 0 Å². The van der Waals surface area contributed by atoms with Crippen LogP contribution in [0.3, 0.4) is 0 Å². The van der Waals surface area contributed by atoms with Crippen LogP contribution in [0.1, 0.15) is 19.4 Å². The van der Waals surface area contributed by atoms with Crippen molar-refractivity contribution in [3.63, 3.8) is 0 Å². The van der Waals surface area contributed by atoms with E-state index in [-0.39, 0.29) is 5.60 Å². The van der Waals surface area contributed by atoms with Gasteiger partial charge in [0.05, 0.1) is 0 Å². The summed E-state index contributed by atoms with van der Waals surface area (Å²) >= 11 is 0. The summed E-state index contributed by atoms with van der Waals surface area (Å²) in [4.78, 5) is 11.0. The first-order valence-electron chi connectivity index (χ1n) is 9.46. The maximum Gasteiger partial charge on any atom is 0.257 e. The number of nitrogens with one attached hydrogen (secondary N) is 1. The minimum absolute atomic E-state index is 0.184. The third-order valence-corrected chi connectivity index (χ3v) is 4.70. The topological polar surface area (TPSA) is 68.7 Å². The second-order valence-electron chi connectivity index (χ2n) is 7.40. The van der Waals surface area contributed by atoms with Crippen LogP contribution in [0, 0.1) is 0 Å². The molecule has 0 spiro atoms. The highest BCUT2D eigenvalue weighted by molar-refractivity contribution is 5.50. The number of rotatable bonds is 6. The summed E-state index contributed by atoms with van der Waals surface area (Å²) in [5.74, 6) is 2.97. The van der Waals surface area contributed by atoms with Crippen LogP contribution in [0.15, 0.2) is 30.6 Å². The average molecular weight is 370 g/mol. The molecule has 2 aliphatic heterocycles. The quantitative estimate of drug-likeness (QED) is 0.781. The van der Waals surface area contributed by atoms with Gasteiger partial charge in [0.25, 0.3) is 5.88 Å². The number of nitrogens with zero attached hydrogens (tertiary/aromatic N) is 3. The van der Waals surface area contributed by atoms with Crippen molar-refractivity contribution in [3.8, 4) is 17.4 Å². The van der Waals surface area contributed by atoms with Gasteiger partial charge in [-0.2, -0.15) is 0 Å². The van der Waals surface area contributed by atoms with Crippen molar-refractivity contribution in [1.82, 2.24) is 15.3 Å². The summed E-state index contributed by atoms with van der Waals surface area (Å²) in [5, 5.41) is 3.34. The van der Waals surface area contributed by atoms with Crippen LogP contribution in [0.2, 0.25) is 0 Å². The number of hydrogen-bond acceptors (Lipinski definition) is 7. The Hall–Kier alpha value is -2.54. The zero-order valence-corrected chi connectivity index (χ0v) is 15.9. The maximum atomic E-state index is 6.04. The van der Waals surface area contributed by atoms with Gasteiger partial charge in [0.2, 0.25) is 0 Å². The Kier molecular flexibility index (Phi) is 5.03. The first kappa shape index (κ1) is 17.9. The smallest absolute Gasteiger partial charge is 0.257 e. The predicted octanol–water partition coefficient (Wildman–Crippen LogP) is 2.06. The van der Waals surface area contributed by atoms with Crippen LogP contribution in [0.25, 0.3) is 0 Å². The average Bonchev–Trinajstić information content (AvgIpc) is 3.01. The SMILES string of the molecule is CC1(C)Cc2cccc(OCCOc3nccnc3N3CCNCC3)c2O1. The second-order valence-corrected chi connectivity index (χ2v) is 7.40. The first-order chi connectivity index (χ1) is 13.1. The monoisotopic (exact) mass is 370 g/mol. The molecule has 7 heteroatoms. The zero-order chi connectivity index (χ0) is 18.7. The molecule has 0 amide bonds. The molecule has 27 heavy (non-hydrogen) atoms. The molecule has 4 rings (SSSR count). The molecule has 1 aromatic heterocycles. The molecule has 7 nitrogen and oxygen atoms in total. The maximum absolute atomic E-state index is 6.04. The van der Waals surface area contributed by atoms with E-state index in [0.29, 0.717) is 19.1 Å². The summed E-state index contributed by atoms with van der Waals surface area (Å²) < 4.78 is 17.8. The van der Waals surface area contributed by atoms with Gasteiger partial charge < -0.3 is 24.4 Å². The second kappa shape index (κ2) is 7.60. The number of anilines is 1. The standard InChI is InChI=1S/C20H26N4O3/c1-20(2)14-15-4-3-5-16(17(15)27-20)25-12-13-26-19-18(22-6-7-23-19)24-10-8-21-9-11-24/h3-7,21H,8-14H2,1-2H3. The molecule has 0 unspecified atom stereocenters. The van der Waals surface area contributed by atoms with Gasteiger partial charge in [-0.15, -0.1) is 0 Å². The van der Waals surface area contributed by atoms with E-state index in [1.807, 2.05) is 12.1 Å². The molecule has 0 bridgehead atoms. The van der Waals surface area contributed by atoms with Gasteiger partial charge in [-0.1, -0.05) is 12.1 Å². The van der Waals surface area contributed by atoms with Crippen molar-refractivity contribution < 1.29 is 14.2 Å². The Labute approximate surface area is 159 Å².